The SMILES string of the molecule is CC1C=CC(c2ccc3c(c2)oc2cccc(-c4nc(-c5cccc(-c6ccccc6)c5)nc(-c5ccc6oc7ccccc7c6c5)n4)c23)=CC1. The van der Waals surface area contributed by atoms with Crippen LogP contribution in [0.4, 0.5) is 0 Å². The number of allylic oxidation sites excluding steroid dienone is 4. The smallest absolute Gasteiger partial charge is 0.164 e. The van der Waals surface area contributed by atoms with Crippen LogP contribution in [0.1, 0.15) is 18.9 Å². The monoisotopic (exact) mass is 657 g/mol. The molecule has 0 amide bonds. The zero-order valence-electron chi connectivity index (χ0n) is 27.9. The highest BCUT2D eigenvalue weighted by Crippen LogP contribution is 2.39. The fraction of sp³-hybridized carbons (Fsp3) is 0.0652. The molecule has 5 nitrogen and oxygen atoms in total. The van der Waals surface area contributed by atoms with Gasteiger partial charge in [0.1, 0.15) is 22.3 Å². The number of para-hydroxylation sites is 1. The van der Waals surface area contributed by atoms with Gasteiger partial charge in [0.15, 0.2) is 17.5 Å². The molecule has 9 aromatic rings. The normalized spacial score (nSPS) is 14.5. The van der Waals surface area contributed by atoms with E-state index in [2.05, 4.69) is 110 Å². The standard InChI is InChI=1S/C46H31N3O2/c1-28-17-19-30(20-18-28)32-21-23-36-42(27-32)51-41-16-8-14-37(43(36)41)46-48-44(33-12-7-11-31(25-33)29-9-3-2-4-10-29)47-45(49-46)34-22-24-40-38(26-34)35-13-5-6-15-39(35)50-40/h2-17,19-28H,18H2,1H3. The molecule has 0 aliphatic heterocycles. The molecule has 51 heavy (non-hydrogen) atoms. The minimum Gasteiger partial charge on any atom is -0.456 e. The zero-order chi connectivity index (χ0) is 33.9. The average Bonchev–Trinajstić information content (AvgIpc) is 3.76. The molecule has 0 N–H and O–H groups in total. The van der Waals surface area contributed by atoms with E-state index >= 15 is 0 Å². The molecule has 0 fully saturated rings. The second-order valence-electron chi connectivity index (χ2n) is 13.3. The molecule has 0 spiro atoms. The molecule has 1 atom stereocenters. The first-order valence-corrected chi connectivity index (χ1v) is 17.3. The molecule has 6 aromatic carbocycles. The molecule has 0 saturated heterocycles. The highest BCUT2D eigenvalue weighted by Gasteiger charge is 2.19. The molecule has 0 saturated carbocycles. The fourth-order valence-electron chi connectivity index (χ4n) is 7.22. The predicted octanol–water partition coefficient (Wildman–Crippen LogP) is 12.3. The largest absolute Gasteiger partial charge is 0.456 e. The van der Waals surface area contributed by atoms with Crippen molar-refractivity contribution in [3.8, 4) is 45.3 Å². The highest BCUT2D eigenvalue weighted by molar-refractivity contribution is 6.12. The van der Waals surface area contributed by atoms with E-state index in [1.807, 2.05) is 48.5 Å². The summed E-state index contributed by atoms with van der Waals surface area (Å²) >= 11 is 0. The van der Waals surface area contributed by atoms with Gasteiger partial charge in [-0.1, -0.05) is 110 Å². The lowest BCUT2D eigenvalue weighted by atomic mass is 9.93. The lowest BCUT2D eigenvalue weighted by molar-refractivity contribution is 0.668. The summed E-state index contributed by atoms with van der Waals surface area (Å²) in [5, 5.41) is 4.09. The quantitative estimate of drug-likeness (QED) is 0.184. The van der Waals surface area contributed by atoms with Gasteiger partial charge in [-0.25, -0.2) is 15.0 Å². The van der Waals surface area contributed by atoms with Crippen LogP contribution in [-0.2, 0) is 0 Å². The van der Waals surface area contributed by atoms with Gasteiger partial charge in [0.2, 0.25) is 0 Å². The number of hydrogen-bond acceptors (Lipinski definition) is 5. The van der Waals surface area contributed by atoms with Crippen LogP contribution in [0.2, 0.25) is 0 Å². The Morgan fingerprint density at radius 3 is 2.04 bits per heavy atom. The number of benzene rings is 6. The predicted molar refractivity (Wildman–Crippen MR) is 207 cm³/mol. The summed E-state index contributed by atoms with van der Waals surface area (Å²) in [6, 6.07) is 45.6. The minimum absolute atomic E-state index is 0.558. The van der Waals surface area contributed by atoms with Crippen LogP contribution in [0.3, 0.4) is 0 Å². The third kappa shape index (κ3) is 5.13. The summed E-state index contributed by atoms with van der Waals surface area (Å²) in [6.45, 7) is 2.24. The second kappa shape index (κ2) is 11.8. The molecule has 0 bridgehead atoms. The van der Waals surface area contributed by atoms with Gasteiger partial charge in [-0.3, -0.25) is 0 Å². The zero-order valence-corrected chi connectivity index (χ0v) is 27.9. The number of rotatable bonds is 5. The van der Waals surface area contributed by atoms with Gasteiger partial charge in [0.25, 0.3) is 0 Å². The third-order valence-electron chi connectivity index (χ3n) is 9.88. The van der Waals surface area contributed by atoms with Crippen molar-refractivity contribution >= 4 is 49.5 Å². The van der Waals surface area contributed by atoms with Gasteiger partial charge >= 0.3 is 0 Å². The molecule has 1 aliphatic rings. The van der Waals surface area contributed by atoms with E-state index in [4.69, 9.17) is 23.8 Å². The van der Waals surface area contributed by atoms with Gasteiger partial charge in [-0.05, 0) is 83.1 Å². The molecule has 3 heterocycles. The number of nitrogens with zero attached hydrogens (tertiary/aromatic N) is 3. The Morgan fingerprint density at radius 2 is 1.18 bits per heavy atom. The molecular weight excluding hydrogens is 627 g/mol. The summed E-state index contributed by atoms with van der Waals surface area (Å²) in [5.41, 5.74) is 10.6. The topological polar surface area (TPSA) is 65.0 Å². The van der Waals surface area contributed by atoms with Gasteiger partial charge in [-0.2, -0.15) is 0 Å². The summed E-state index contributed by atoms with van der Waals surface area (Å²) in [5.74, 6) is 2.33. The van der Waals surface area contributed by atoms with Crippen molar-refractivity contribution in [2.75, 3.05) is 0 Å². The summed E-state index contributed by atoms with van der Waals surface area (Å²) < 4.78 is 12.7. The Labute approximate surface area is 294 Å². The Hall–Kier alpha value is -6.59. The number of hydrogen-bond donors (Lipinski definition) is 0. The van der Waals surface area contributed by atoms with E-state index in [0.29, 0.717) is 23.4 Å². The minimum atomic E-state index is 0.558. The first kappa shape index (κ1) is 29.3. The molecule has 1 aliphatic carbocycles. The van der Waals surface area contributed by atoms with E-state index in [9.17, 15) is 0 Å². The average molecular weight is 658 g/mol. The Bertz CT molecular complexity index is 2860. The molecular formula is C46H31N3O2. The Balaban J connectivity index is 1.17. The van der Waals surface area contributed by atoms with Crippen molar-refractivity contribution in [1.29, 1.82) is 0 Å². The van der Waals surface area contributed by atoms with E-state index in [1.54, 1.807) is 0 Å². The van der Waals surface area contributed by atoms with Crippen LogP contribution in [-0.4, -0.2) is 15.0 Å². The lowest BCUT2D eigenvalue weighted by Crippen LogP contribution is -2.00. The van der Waals surface area contributed by atoms with Crippen molar-refractivity contribution in [2.24, 2.45) is 5.92 Å². The fourth-order valence-corrected chi connectivity index (χ4v) is 7.22. The van der Waals surface area contributed by atoms with Crippen LogP contribution in [0.15, 0.2) is 161 Å². The molecule has 10 rings (SSSR count). The molecule has 0 radical (unpaired) electrons. The third-order valence-corrected chi connectivity index (χ3v) is 9.88. The highest BCUT2D eigenvalue weighted by atomic mass is 16.3. The maximum atomic E-state index is 6.51. The van der Waals surface area contributed by atoms with Crippen molar-refractivity contribution in [3.05, 3.63) is 157 Å². The van der Waals surface area contributed by atoms with Gasteiger partial charge in [-0.15, -0.1) is 0 Å². The van der Waals surface area contributed by atoms with E-state index < -0.39 is 0 Å². The van der Waals surface area contributed by atoms with Crippen LogP contribution in [0.25, 0.3) is 94.7 Å². The van der Waals surface area contributed by atoms with E-state index in [0.717, 1.165) is 83.7 Å². The summed E-state index contributed by atoms with van der Waals surface area (Å²) in [6.07, 6.45) is 7.84. The van der Waals surface area contributed by atoms with Crippen LogP contribution < -0.4 is 0 Å². The van der Waals surface area contributed by atoms with Crippen LogP contribution >= 0.6 is 0 Å². The maximum absolute atomic E-state index is 6.51. The molecule has 5 heteroatoms. The van der Waals surface area contributed by atoms with E-state index in [1.165, 1.54) is 5.57 Å². The molecule has 3 aromatic heterocycles. The lowest BCUT2D eigenvalue weighted by Gasteiger charge is -2.12. The number of furan rings is 2. The van der Waals surface area contributed by atoms with Crippen LogP contribution in [0.5, 0.6) is 0 Å². The van der Waals surface area contributed by atoms with Crippen molar-refractivity contribution in [1.82, 2.24) is 15.0 Å². The van der Waals surface area contributed by atoms with Crippen molar-refractivity contribution in [2.45, 2.75) is 13.3 Å². The van der Waals surface area contributed by atoms with Gasteiger partial charge in [0, 0.05) is 38.2 Å². The summed E-state index contributed by atoms with van der Waals surface area (Å²) in [4.78, 5) is 15.5. The molecule has 242 valence electrons. The molecule has 1 unspecified atom stereocenters. The first-order valence-electron chi connectivity index (χ1n) is 17.3. The van der Waals surface area contributed by atoms with E-state index in [-0.39, 0.29) is 0 Å². The van der Waals surface area contributed by atoms with Gasteiger partial charge < -0.3 is 8.83 Å². The second-order valence-corrected chi connectivity index (χ2v) is 13.3. The Kier molecular flexibility index (Phi) is 6.78. The van der Waals surface area contributed by atoms with Gasteiger partial charge in [0.05, 0.1) is 0 Å². The van der Waals surface area contributed by atoms with Crippen molar-refractivity contribution < 1.29 is 8.83 Å². The Morgan fingerprint density at radius 1 is 0.490 bits per heavy atom. The van der Waals surface area contributed by atoms with Crippen LogP contribution in [0, 0.1) is 5.92 Å². The summed E-state index contributed by atoms with van der Waals surface area (Å²) in [7, 11) is 0. The first-order chi connectivity index (χ1) is 25.1. The maximum Gasteiger partial charge on any atom is 0.164 e. The number of aromatic nitrogens is 3. The number of fused-ring (bicyclic) bond motifs is 6. The van der Waals surface area contributed by atoms with Crippen molar-refractivity contribution in [3.63, 3.8) is 0 Å².